The molecule has 5 heterocycles. The third-order valence-electron chi connectivity index (χ3n) is 8.02. The molecule has 0 aliphatic carbocycles. The lowest BCUT2D eigenvalue weighted by Gasteiger charge is -2.09. The number of fused-ring (bicyclic) bond motifs is 9. The highest BCUT2D eigenvalue weighted by molar-refractivity contribution is 6.25. The zero-order valence-corrected chi connectivity index (χ0v) is 20.3. The summed E-state index contributed by atoms with van der Waals surface area (Å²) in [5, 5.41) is 7.45. The van der Waals surface area contributed by atoms with Gasteiger partial charge in [-0.3, -0.25) is 9.97 Å². The van der Waals surface area contributed by atoms with E-state index in [2.05, 4.69) is 116 Å². The largest absolute Gasteiger partial charge is 0.309 e. The normalized spacial score (nSPS) is 12.2. The molecule has 0 aliphatic heterocycles. The molecule has 4 heteroatoms. The van der Waals surface area contributed by atoms with Crippen LogP contribution in [0.2, 0.25) is 0 Å². The first-order chi connectivity index (χ1) is 18.9. The molecular weight excluding hydrogens is 464 g/mol. The quantitative estimate of drug-likeness (QED) is 0.247. The minimum absolute atomic E-state index is 1.12. The summed E-state index contributed by atoms with van der Waals surface area (Å²) in [5.74, 6) is 0. The summed E-state index contributed by atoms with van der Waals surface area (Å²) >= 11 is 0. The highest BCUT2D eigenvalue weighted by Crippen LogP contribution is 2.44. The smallest absolute Gasteiger partial charge is 0.0725 e. The monoisotopic (exact) mass is 484 g/mol. The minimum atomic E-state index is 1.12. The van der Waals surface area contributed by atoms with Crippen molar-refractivity contribution >= 4 is 59.9 Å². The second-order valence-electron chi connectivity index (χ2n) is 9.93. The van der Waals surface area contributed by atoms with Gasteiger partial charge in [0, 0.05) is 50.4 Å². The number of aromatic nitrogens is 4. The van der Waals surface area contributed by atoms with Crippen LogP contribution in [-0.2, 0) is 0 Å². The number of hydrogen-bond donors (Lipinski definition) is 0. The number of benzene rings is 4. The maximum atomic E-state index is 4.46. The molecule has 0 amide bonds. The van der Waals surface area contributed by atoms with Crippen molar-refractivity contribution in [1.29, 1.82) is 0 Å². The van der Waals surface area contributed by atoms with Crippen molar-refractivity contribution < 1.29 is 0 Å². The Morgan fingerprint density at radius 2 is 1.16 bits per heavy atom. The van der Waals surface area contributed by atoms with Gasteiger partial charge in [-0.05, 0) is 59.7 Å². The zero-order valence-electron chi connectivity index (χ0n) is 20.3. The van der Waals surface area contributed by atoms with E-state index in [-0.39, 0.29) is 0 Å². The Morgan fingerprint density at radius 1 is 0.500 bits per heavy atom. The van der Waals surface area contributed by atoms with Crippen LogP contribution in [0, 0.1) is 0 Å². The van der Waals surface area contributed by atoms with Crippen LogP contribution in [0.15, 0.2) is 122 Å². The predicted molar refractivity (Wildman–Crippen MR) is 156 cm³/mol. The fraction of sp³-hybridized carbons (Fsp3) is 0. The van der Waals surface area contributed by atoms with E-state index >= 15 is 0 Å². The van der Waals surface area contributed by atoms with Gasteiger partial charge in [-0.25, -0.2) is 0 Å². The Bertz CT molecular complexity index is 2260. The molecule has 176 valence electrons. The molecule has 0 bridgehead atoms. The van der Waals surface area contributed by atoms with Crippen molar-refractivity contribution in [2.75, 3.05) is 0 Å². The van der Waals surface area contributed by atoms with E-state index in [1.54, 1.807) is 0 Å². The van der Waals surface area contributed by atoms with Crippen LogP contribution in [0.1, 0.15) is 0 Å². The number of pyridine rings is 2. The van der Waals surface area contributed by atoms with E-state index in [1.165, 1.54) is 65.7 Å². The number of rotatable bonds is 2. The standard InChI is InChI=1S/C34H20N4/c1-2-7-22(8-3-1)37-29-11-5-4-9-26(29)33-23(10-6-12-30(33)37)21-17-27-24-13-15-35-19-31(24)38-32-20-36-16-14-25(32)28(18-21)34(27)38/h1-20H. The second-order valence-corrected chi connectivity index (χ2v) is 9.93. The van der Waals surface area contributed by atoms with Gasteiger partial charge in [0.1, 0.15) is 0 Å². The van der Waals surface area contributed by atoms with Gasteiger partial charge in [-0.1, -0.05) is 48.5 Å². The average molecular weight is 485 g/mol. The molecule has 0 saturated carbocycles. The molecule has 4 nitrogen and oxygen atoms in total. The number of para-hydroxylation sites is 2. The molecule has 0 unspecified atom stereocenters. The molecule has 0 spiro atoms. The maximum absolute atomic E-state index is 4.46. The molecule has 0 aliphatic rings. The Labute approximate surface area is 217 Å². The summed E-state index contributed by atoms with van der Waals surface area (Å²) in [5.41, 5.74) is 9.52. The lowest BCUT2D eigenvalue weighted by molar-refractivity contribution is 1.18. The first kappa shape index (κ1) is 19.9. The summed E-state index contributed by atoms with van der Waals surface area (Å²) < 4.78 is 4.70. The van der Waals surface area contributed by atoms with Gasteiger partial charge in [-0.15, -0.1) is 0 Å². The molecule has 0 radical (unpaired) electrons. The van der Waals surface area contributed by atoms with E-state index in [0.29, 0.717) is 0 Å². The molecule has 0 fully saturated rings. The molecule has 4 aromatic carbocycles. The van der Waals surface area contributed by atoms with E-state index in [9.17, 15) is 0 Å². The number of nitrogens with zero attached hydrogens (tertiary/aromatic N) is 4. The lowest BCUT2D eigenvalue weighted by atomic mass is 9.96. The van der Waals surface area contributed by atoms with Gasteiger partial charge in [0.15, 0.2) is 0 Å². The Hall–Kier alpha value is -5.22. The molecule has 38 heavy (non-hydrogen) atoms. The van der Waals surface area contributed by atoms with Crippen molar-refractivity contribution in [3.05, 3.63) is 122 Å². The van der Waals surface area contributed by atoms with Crippen LogP contribution in [-0.4, -0.2) is 18.9 Å². The Kier molecular flexibility index (Phi) is 3.76. The van der Waals surface area contributed by atoms with Crippen molar-refractivity contribution in [1.82, 2.24) is 18.9 Å². The van der Waals surface area contributed by atoms with Crippen LogP contribution >= 0.6 is 0 Å². The van der Waals surface area contributed by atoms with Gasteiger partial charge in [-0.2, -0.15) is 0 Å². The maximum Gasteiger partial charge on any atom is 0.0725 e. The SMILES string of the molecule is c1ccc(-n2c3ccccc3c3c(-c4cc5c6ccncc6n6c7cnccc7c(c4)c56)cccc32)cc1. The van der Waals surface area contributed by atoms with E-state index in [4.69, 9.17) is 0 Å². The van der Waals surface area contributed by atoms with Gasteiger partial charge in [0.2, 0.25) is 0 Å². The molecule has 0 atom stereocenters. The highest BCUT2D eigenvalue weighted by Gasteiger charge is 2.21. The zero-order chi connectivity index (χ0) is 24.8. The fourth-order valence-corrected chi connectivity index (χ4v) is 6.51. The van der Waals surface area contributed by atoms with Crippen molar-refractivity contribution in [3.63, 3.8) is 0 Å². The third kappa shape index (κ3) is 2.44. The minimum Gasteiger partial charge on any atom is -0.309 e. The summed E-state index contributed by atoms with van der Waals surface area (Å²) in [6, 6.07) is 35.0. The van der Waals surface area contributed by atoms with Gasteiger partial charge in [0.05, 0.1) is 40.0 Å². The molecule has 9 rings (SSSR count). The Morgan fingerprint density at radius 3 is 1.89 bits per heavy atom. The molecular formula is C34H20N4. The Balaban J connectivity index is 1.46. The van der Waals surface area contributed by atoms with Crippen LogP contribution in [0.5, 0.6) is 0 Å². The van der Waals surface area contributed by atoms with Crippen molar-refractivity contribution in [2.24, 2.45) is 0 Å². The third-order valence-corrected chi connectivity index (χ3v) is 8.02. The van der Waals surface area contributed by atoms with Gasteiger partial charge in [0.25, 0.3) is 0 Å². The highest BCUT2D eigenvalue weighted by atomic mass is 15.0. The molecule has 0 N–H and O–H groups in total. The molecule has 5 aromatic heterocycles. The van der Waals surface area contributed by atoms with Crippen molar-refractivity contribution in [3.8, 4) is 16.8 Å². The van der Waals surface area contributed by atoms with E-state index in [1.807, 2.05) is 24.8 Å². The van der Waals surface area contributed by atoms with Crippen LogP contribution in [0.4, 0.5) is 0 Å². The molecule has 9 aromatic rings. The summed E-state index contributed by atoms with van der Waals surface area (Å²) in [4.78, 5) is 8.91. The summed E-state index contributed by atoms with van der Waals surface area (Å²) in [6.07, 6.45) is 7.71. The van der Waals surface area contributed by atoms with Crippen LogP contribution in [0.25, 0.3) is 76.7 Å². The second kappa shape index (κ2) is 7.17. The first-order valence-electron chi connectivity index (χ1n) is 12.8. The van der Waals surface area contributed by atoms with Crippen LogP contribution in [0.3, 0.4) is 0 Å². The lowest BCUT2D eigenvalue weighted by Crippen LogP contribution is -1.92. The summed E-state index contributed by atoms with van der Waals surface area (Å²) in [7, 11) is 0. The predicted octanol–water partition coefficient (Wildman–Crippen LogP) is 8.39. The molecule has 0 saturated heterocycles. The fourth-order valence-electron chi connectivity index (χ4n) is 6.51. The summed E-state index contributed by atoms with van der Waals surface area (Å²) in [6.45, 7) is 0. The van der Waals surface area contributed by atoms with Crippen molar-refractivity contribution in [2.45, 2.75) is 0 Å². The topological polar surface area (TPSA) is 35.1 Å². The van der Waals surface area contributed by atoms with Gasteiger partial charge >= 0.3 is 0 Å². The average Bonchev–Trinajstić information content (AvgIpc) is 3.62. The van der Waals surface area contributed by atoms with E-state index < -0.39 is 0 Å². The van der Waals surface area contributed by atoms with E-state index in [0.717, 1.165) is 11.0 Å². The van der Waals surface area contributed by atoms with Gasteiger partial charge < -0.3 is 8.97 Å². The van der Waals surface area contributed by atoms with Crippen LogP contribution < -0.4 is 0 Å². The first-order valence-corrected chi connectivity index (χ1v) is 12.8. The number of hydrogen-bond acceptors (Lipinski definition) is 2.